The van der Waals surface area contributed by atoms with Crippen molar-refractivity contribution in [3.63, 3.8) is 0 Å². The molecule has 4 atom stereocenters. The SMILES string of the molecule is CN1C(=O)c2c(nn(Cc3ccc(-c4cccc(F)n4)cc3)c2Nc2ccccc2)N2C1=N[C@@H]1CCC[C@@H]12.Cn1c(=O)/c(=C(/NCc2ccc(-c3ccccn3)cc2)Nc2ccccc2)c(=N)n2c1=N[C@@H]1CCC[C@@H]12. The average Bonchev–Trinajstić information content (AvgIpc) is 4.29. The van der Waals surface area contributed by atoms with Gasteiger partial charge >= 0.3 is 0 Å². The Hall–Kier alpha value is -8.99. The molecule has 0 spiro atoms. The second kappa shape index (κ2) is 19.8. The van der Waals surface area contributed by atoms with E-state index in [9.17, 15) is 14.0 Å². The van der Waals surface area contributed by atoms with Crippen molar-refractivity contribution in [1.82, 2.24) is 39.1 Å². The summed E-state index contributed by atoms with van der Waals surface area (Å²) in [6.45, 7) is 0.933. The van der Waals surface area contributed by atoms with E-state index in [1.54, 1.807) is 41.9 Å². The lowest BCUT2D eigenvalue weighted by atomic mass is 10.1. The van der Waals surface area contributed by atoms with E-state index in [4.69, 9.17) is 20.5 Å². The molecule has 0 saturated heterocycles. The maximum absolute atomic E-state index is 13.7. The molecule has 16 nitrogen and oxygen atoms in total. The maximum atomic E-state index is 13.7. The highest BCUT2D eigenvalue weighted by molar-refractivity contribution is 6.21. The molecule has 7 heterocycles. The van der Waals surface area contributed by atoms with Crippen molar-refractivity contribution in [3.05, 3.63) is 201 Å². The van der Waals surface area contributed by atoms with Gasteiger partial charge in [0.15, 0.2) is 5.82 Å². The first-order valence-electron chi connectivity index (χ1n) is 25.5. The molecule has 5 aliphatic rings. The van der Waals surface area contributed by atoms with Crippen LogP contribution in [0.1, 0.15) is 66.1 Å². The molecule has 8 aromatic rings. The first kappa shape index (κ1) is 47.0. The van der Waals surface area contributed by atoms with Gasteiger partial charge in [0.05, 0.1) is 42.1 Å². The number of amides is 1. The molecule has 0 bridgehead atoms. The molecule has 4 aromatic carbocycles. The third-order valence-electron chi connectivity index (χ3n) is 14.8. The summed E-state index contributed by atoms with van der Waals surface area (Å²) in [5.41, 5.74) is 8.26. The maximum Gasteiger partial charge on any atom is 0.267 e. The quantitative estimate of drug-likeness (QED) is 0.0957. The zero-order valence-electron chi connectivity index (χ0n) is 41.6. The summed E-state index contributed by atoms with van der Waals surface area (Å²) >= 11 is 0. The van der Waals surface area contributed by atoms with Gasteiger partial charge < -0.3 is 16.0 Å². The summed E-state index contributed by atoms with van der Waals surface area (Å²) in [7, 11) is 3.54. The van der Waals surface area contributed by atoms with Crippen LogP contribution in [0.3, 0.4) is 0 Å². The van der Waals surface area contributed by atoms with Crippen LogP contribution in [0.4, 0.5) is 27.4 Å². The van der Waals surface area contributed by atoms with Crippen molar-refractivity contribution < 1.29 is 9.18 Å². The third kappa shape index (κ3) is 8.93. The number of carbonyl (C=O) groups excluding carboxylic acids is 1. The van der Waals surface area contributed by atoms with Gasteiger partial charge in [0.1, 0.15) is 27.9 Å². The highest BCUT2D eigenvalue weighted by Crippen LogP contribution is 2.43. The van der Waals surface area contributed by atoms with Crippen LogP contribution >= 0.6 is 0 Å². The summed E-state index contributed by atoms with van der Waals surface area (Å²) in [4.78, 5) is 49.2. The second-order valence-corrected chi connectivity index (χ2v) is 19.6. The number of halogens is 1. The Morgan fingerprint density at radius 2 is 1.36 bits per heavy atom. The van der Waals surface area contributed by atoms with Gasteiger partial charge in [-0.1, -0.05) is 97.1 Å². The molecule has 17 heteroatoms. The fraction of sp³-hybridized carbons (Fsp3) is 0.241. The molecule has 0 unspecified atom stereocenters. The Morgan fingerprint density at radius 1 is 0.707 bits per heavy atom. The number of fused-ring (bicyclic) bond motifs is 8. The summed E-state index contributed by atoms with van der Waals surface area (Å²) in [5.74, 6) is 1.91. The number of anilines is 4. The van der Waals surface area contributed by atoms with Crippen molar-refractivity contribution in [2.24, 2.45) is 17.0 Å². The Morgan fingerprint density at radius 3 is 2.07 bits per heavy atom. The molecule has 13 rings (SSSR count). The zero-order valence-corrected chi connectivity index (χ0v) is 41.6. The van der Waals surface area contributed by atoms with Crippen molar-refractivity contribution >= 4 is 40.7 Å². The van der Waals surface area contributed by atoms with E-state index in [-0.39, 0.29) is 41.1 Å². The molecule has 3 aliphatic heterocycles. The monoisotopic (exact) mass is 998 g/mol. The van der Waals surface area contributed by atoms with E-state index in [0.29, 0.717) is 58.6 Å². The first-order chi connectivity index (χ1) is 36.7. The molecule has 0 radical (unpaired) electrons. The van der Waals surface area contributed by atoms with E-state index in [0.717, 1.165) is 77.8 Å². The van der Waals surface area contributed by atoms with Crippen LogP contribution in [-0.2, 0) is 20.1 Å². The number of hydrogen-bond acceptors (Lipinski definition) is 12. The van der Waals surface area contributed by atoms with E-state index >= 15 is 0 Å². The number of rotatable bonds is 11. The predicted molar refractivity (Wildman–Crippen MR) is 287 cm³/mol. The molecule has 2 saturated carbocycles. The van der Waals surface area contributed by atoms with Crippen molar-refractivity contribution in [2.45, 2.75) is 75.8 Å². The number of aromatic nitrogens is 6. The van der Waals surface area contributed by atoms with E-state index in [1.165, 1.54) is 6.07 Å². The lowest BCUT2D eigenvalue weighted by molar-refractivity contribution is 0.0866. The normalized spacial score (nSPS) is 19.1. The van der Waals surface area contributed by atoms with Gasteiger partial charge in [-0.05, 0) is 98.2 Å². The topological polar surface area (TPSA) is 179 Å². The molecule has 75 heavy (non-hydrogen) atoms. The van der Waals surface area contributed by atoms with Gasteiger partial charge in [-0.2, -0.15) is 9.49 Å². The standard InChI is InChI=1S/C29H26FN7O.C29H29N7O/c1-35-28(38)25-26(31-20-7-3-2-4-8-20)36(34-27(25)37-23-11-5-10-22(23)33-29(35)37)17-18-13-15-19(16-14-18)21-9-6-12-24(30)32-21;1-35-28(37)25(26(30)36-24-12-7-11-23(24)34-29(35)36)27(33-21-8-3-2-4-9-21)32-18-19-13-15-20(16-14-19)22-10-5-6-17-31-22/h2-4,6-9,12-16,22-23,31H,5,10-11,17H2,1H3;2-6,8-10,13-17,23-24,30,32-33H,7,11-12,18H2,1H3/b;27-25-,30-26?/t22-,23+;23-,24+/m11/s1. The minimum Gasteiger partial charge on any atom is -0.367 e. The summed E-state index contributed by atoms with van der Waals surface area (Å²) < 4.78 is 19.0. The highest BCUT2D eigenvalue weighted by Gasteiger charge is 2.49. The smallest absolute Gasteiger partial charge is 0.267 e. The van der Waals surface area contributed by atoms with Crippen LogP contribution in [-0.4, -0.2) is 70.8 Å². The van der Waals surface area contributed by atoms with E-state index in [1.807, 2.05) is 125 Å². The average molecular weight is 999 g/mol. The van der Waals surface area contributed by atoms with Gasteiger partial charge in [-0.15, -0.1) is 0 Å². The number of para-hydroxylation sites is 2. The lowest BCUT2D eigenvalue weighted by Crippen LogP contribution is -2.59. The minimum atomic E-state index is -0.505. The molecule has 2 aliphatic carbocycles. The predicted octanol–water partition coefficient (Wildman–Crippen LogP) is 7.48. The Balaban J connectivity index is 0.000000152. The Bertz CT molecular complexity index is 3730. The third-order valence-corrected chi connectivity index (χ3v) is 14.8. The van der Waals surface area contributed by atoms with Gasteiger partial charge in [0.2, 0.25) is 17.5 Å². The van der Waals surface area contributed by atoms with Crippen molar-refractivity contribution in [1.29, 1.82) is 5.41 Å². The van der Waals surface area contributed by atoms with Crippen LogP contribution in [0, 0.1) is 11.4 Å². The highest BCUT2D eigenvalue weighted by atomic mass is 19.1. The summed E-state index contributed by atoms with van der Waals surface area (Å²) in [6.07, 6.45) is 8.05. The number of pyridine rings is 2. The molecular weight excluding hydrogens is 944 g/mol. The van der Waals surface area contributed by atoms with E-state index in [2.05, 4.69) is 43.0 Å². The number of nitrogens with zero attached hydrogens (tertiary/aromatic N) is 10. The summed E-state index contributed by atoms with van der Waals surface area (Å²) in [6, 6.07) is 46.9. The van der Waals surface area contributed by atoms with Crippen LogP contribution in [0.25, 0.3) is 28.3 Å². The number of hydrogen-bond donors (Lipinski definition) is 4. The number of carbonyl (C=O) groups is 1. The molecule has 4 N–H and O–H groups in total. The summed E-state index contributed by atoms with van der Waals surface area (Å²) in [5, 5.41) is 24.7. The van der Waals surface area contributed by atoms with Crippen LogP contribution in [0.5, 0.6) is 0 Å². The lowest BCUT2D eigenvalue weighted by Gasteiger charge is -2.34. The first-order valence-corrected chi connectivity index (χ1v) is 25.5. The minimum absolute atomic E-state index is 0.118. The van der Waals surface area contributed by atoms with Gasteiger partial charge in [0, 0.05) is 49.3 Å². The number of aliphatic imine (C=N–C) groups is 1. The van der Waals surface area contributed by atoms with Gasteiger partial charge in [-0.3, -0.25) is 38.9 Å². The molecule has 1 amide bonds. The zero-order chi connectivity index (χ0) is 51.2. The second-order valence-electron chi connectivity index (χ2n) is 19.6. The number of guanidine groups is 1. The van der Waals surface area contributed by atoms with Gasteiger partial charge in [0.25, 0.3) is 11.5 Å². The van der Waals surface area contributed by atoms with E-state index < -0.39 is 5.95 Å². The van der Waals surface area contributed by atoms with Gasteiger partial charge in [-0.25, -0.2) is 19.7 Å². The van der Waals surface area contributed by atoms with Crippen molar-refractivity contribution in [3.8, 4) is 22.5 Å². The fourth-order valence-electron chi connectivity index (χ4n) is 11.1. The van der Waals surface area contributed by atoms with Crippen LogP contribution in [0.15, 0.2) is 167 Å². The Labute approximate surface area is 431 Å². The van der Waals surface area contributed by atoms with Crippen LogP contribution in [0.2, 0.25) is 0 Å². The molecule has 376 valence electrons. The van der Waals surface area contributed by atoms with Crippen LogP contribution < -0.4 is 42.7 Å². The number of benzene rings is 4. The van der Waals surface area contributed by atoms with Crippen molar-refractivity contribution in [2.75, 3.05) is 22.6 Å². The fourth-order valence-corrected chi connectivity index (χ4v) is 11.1. The Kier molecular flexibility index (Phi) is 12.4. The molecular formula is C58H55FN14O2. The number of nitrogens with one attached hydrogen (secondary N) is 4. The largest absolute Gasteiger partial charge is 0.367 e. The molecule has 4 aromatic heterocycles. The molecule has 2 fully saturated rings.